The lowest BCUT2D eigenvalue weighted by Gasteiger charge is -2.25. The zero-order valence-electron chi connectivity index (χ0n) is 24.4. The van der Waals surface area contributed by atoms with Crippen LogP contribution in [-0.2, 0) is 29.6 Å². The molecule has 1 rings (SSSR count). The van der Waals surface area contributed by atoms with E-state index in [0.29, 0.717) is 26.4 Å². The van der Waals surface area contributed by atoms with Crippen molar-refractivity contribution in [3.8, 4) is 0 Å². The van der Waals surface area contributed by atoms with E-state index in [1.165, 1.54) is 89.9 Å². The van der Waals surface area contributed by atoms with Crippen molar-refractivity contribution in [1.29, 1.82) is 0 Å². The number of hydrogen-bond acceptors (Lipinski definition) is 6. The number of rotatable bonds is 28. The molecule has 1 aromatic rings. The summed E-state index contributed by atoms with van der Waals surface area (Å²) in [6.45, 7) is 5.91. The van der Waals surface area contributed by atoms with E-state index < -0.39 is 13.9 Å². The first-order valence-electron chi connectivity index (χ1n) is 15.3. The molecular formula is C30H56NO6P. The van der Waals surface area contributed by atoms with E-state index in [-0.39, 0.29) is 13.2 Å². The van der Waals surface area contributed by atoms with Crippen LogP contribution in [-0.4, -0.2) is 39.1 Å². The van der Waals surface area contributed by atoms with Crippen LogP contribution in [0.5, 0.6) is 0 Å². The first-order chi connectivity index (χ1) is 18.6. The molecular weight excluding hydrogens is 501 g/mol. The van der Waals surface area contributed by atoms with E-state index in [9.17, 15) is 9.46 Å². The zero-order chi connectivity index (χ0) is 27.6. The van der Waals surface area contributed by atoms with Gasteiger partial charge in [-0.3, -0.25) is 4.57 Å². The van der Waals surface area contributed by atoms with Crippen LogP contribution in [0.2, 0.25) is 0 Å². The summed E-state index contributed by atoms with van der Waals surface area (Å²) in [5.41, 5.74) is 0. The molecule has 7 nitrogen and oxygen atoms in total. The van der Waals surface area contributed by atoms with Gasteiger partial charge in [0.2, 0.25) is 0 Å². The third-order valence-corrected chi connectivity index (χ3v) is 7.61. The number of unbranched alkanes of at least 4 members (excludes halogenated alkanes) is 15. The fraction of sp³-hybridized carbons (Fsp3) is 0.833. The summed E-state index contributed by atoms with van der Waals surface area (Å²) >= 11 is 0. The van der Waals surface area contributed by atoms with Crippen molar-refractivity contribution in [3.63, 3.8) is 0 Å². The monoisotopic (exact) mass is 557 g/mol. The second-order valence-electron chi connectivity index (χ2n) is 10.1. The molecule has 0 fully saturated rings. The smallest absolute Gasteiger partial charge is 0.268 e. The molecule has 222 valence electrons. The zero-order valence-corrected chi connectivity index (χ0v) is 25.3. The molecule has 38 heavy (non-hydrogen) atoms. The normalized spacial score (nSPS) is 14.0. The minimum Gasteiger partial charge on any atom is -0.756 e. The summed E-state index contributed by atoms with van der Waals surface area (Å²) in [5.74, 6) is 0. The fourth-order valence-corrected chi connectivity index (χ4v) is 5.13. The van der Waals surface area contributed by atoms with Gasteiger partial charge in [0.05, 0.1) is 13.2 Å². The molecule has 0 bridgehead atoms. The standard InChI is InChI=1S/C30H56NO6P/c1-3-5-6-7-8-9-10-11-12-13-14-15-16-17-18-22-26-34-28-30(35-4-2)29-37-38(32,33)36-27-25-31-23-20-19-21-24-31/h19-21,23-24,30H,3-18,22,25-29H2,1-2H3/t30-/m1/s1. The molecule has 0 radical (unpaired) electrons. The Hall–Kier alpha value is -0.820. The molecule has 0 saturated carbocycles. The first kappa shape index (κ1) is 35.2. The Morgan fingerprint density at radius 1 is 0.684 bits per heavy atom. The number of hydrogen-bond donors (Lipinski definition) is 0. The summed E-state index contributed by atoms with van der Waals surface area (Å²) in [6.07, 6.45) is 24.7. The van der Waals surface area contributed by atoms with Crippen LogP contribution < -0.4 is 9.46 Å². The Morgan fingerprint density at radius 2 is 1.21 bits per heavy atom. The molecule has 0 saturated heterocycles. The molecule has 1 unspecified atom stereocenters. The Morgan fingerprint density at radius 3 is 1.74 bits per heavy atom. The Kier molecular flexibility index (Phi) is 23.3. The number of aromatic nitrogens is 1. The maximum Gasteiger partial charge on any atom is 0.268 e. The highest BCUT2D eigenvalue weighted by Crippen LogP contribution is 2.38. The van der Waals surface area contributed by atoms with Crippen LogP contribution in [0.25, 0.3) is 0 Å². The average molecular weight is 558 g/mol. The predicted molar refractivity (Wildman–Crippen MR) is 152 cm³/mol. The van der Waals surface area contributed by atoms with E-state index >= 15 is 0 Å². The maximum absolute atomic E-state index is 12.0. The van der Waals surface area contributed by atoms with Crippen LogP contribution >= 0.6 is 7.82 Å². The van der Waals surface area contributed by atoms with E-state index in [1.807, 2.05) is 42.1 Å². The van der Waals surface area contributed by atoms with Crippen LogP contribution in [0.15, 0.2) is 30.6 Å². The minimum absolute atomic E-state index is 0.0184. The highest BCUT2D eigenvalue weighted by molar-refractivity contribution is 7.45. The van der Waals surface area contributed by atoms with Gasteiger partial charge in [-0.1, -0.05) is 109 Å². The number of ether oxygens (including phenoxy) is 2. The van der Waals surface area contributed by atoms with Crippen LogP contribution in [0.4, 0.5) is 0 Å². The minimum atomic E-state index is -4.38. The molecule has 0 aliphatic rings. The second-order valence-corrected chi connectivity index (χ2v) is 11.6. The van der Waals surface area contributed by atoms with E-state index in [4.69, 9.17) is 18.5 Å². The average Bonchev–Trinajstić information content (AvgIpc) is 2.91. The number of phosphoric acid groups is 1. The van der Waals surface area contributed by atoms with Gasteiger partial charge in [0.25, 0.3) is 7.82 Å². The lowest BCUT2D eigenvalue weighted by atomic mass is 10.0. The molecule has 0 aromatic carbocycles. The van der Waals surface area contributed by atoms with Crippen molar-refractivity contribution < 1.29 is 32.5 Å². The van der Waals surface area contributed by atoms with E-state index in [1.54, 1.807) is 0 Å². The van der Waals surface area contributed by atoms with E-state index in [2.05, 4.69) is 6.92 Å². The highest BCUT2D eigenvalue weighted by atomic mass is 31.2. The van der Waals surface area contributed by atoms with Crippen molar-refractivity contribution in [2.24, 2.45) is 0 Å². The van der Waals surface area contributed by atoms with Gasteiger partial charge in [0.1, 0.15) is 12.7 Å². The van der Waals surface area contributed by atoms with Crippen molar-refractivity contribution in [3.05, 3.63) is 30.6 Å². The highest BCUT2D eigenvalue weighted by Gasteiger charge is 2.16. The van der Waals surface area contributed by atoms with Crippen LogP contribution in [0.3, 0.4) is 0 Å². The molecule has 0 amide bonds. The van der Waals surface area contributed by atoms with Crippen molar-refractivity contribution in [1.82, 2.24) is 0 Å². The lowest BCUT2D eigenvalue weighted by Crippen LogP contribution is -2.35. The summed E-state index contributed by atoms with van der Waals surface area (Å²) < 4.78 is 35.2. The molecule has 1 heterocycles. The lowest BCUT2D eigenvalue weighted by molar-refractivity contribution is -0.697. The Bertz CT molecular complexity index is 678. The molecule has 8 heteroatoms. The largest absolute Gasteiger partial charge is 0.756 e. The third-order valence-electron chi connectivity index (χ3n) is 6.64. The molecule has 0 spiro atoms. The van der Waals surface area contributed by atoms with Gasteiger partial charge in [-0.05, 0) is 13.3 Å². The van der Waals surface area contributed by atoms with Gasteiger partial charge < -0.3 is 23.4 Å². The number of phosphoric ester groups is 1. The van der Waals surface area contributed by atoms with Crippen LogP contribution in [0.1, 0.15) is 117 Å². The van der Waals surface area contributed by atoms with Gasteiger partial charge in [-0.25, -0.2) is 4.57 Å². The second kappa shape index (κ2) is 25.2. The predicted octanol–water partition coefficient (Wildman–Crippen LogP) is 7.16. The van der Waals surface area contributed by atoms with Crippen molar-refractivity contribution in [2.75, 3.05) is 33.0 Å². The van der Waals surface area contributed by atoms with Gasteiger partial charge in [-0.2, -0.15) is 0 Å². The quantitative estimate of drug-likeness (QED) is 0.0618. The topological polar surface area (TPSA) is 80.9 Å². The molecule has 0 N–H and O–H groups in total. The third kappa shape index (κ3) is 22.0. The SMILES string of the molecule is CCCCCCCCCCCCCCCCCCOC[C@H](COP(=O)([O-])OCC[n+]1ccccc1)OCC. The summed E-state index contributed by atoms with van der Waals surface area (Å²) in [4.78, 5) is 12.0. The van der Waals surface area contributed by atoms with Gasteiger partial charge in [0, 0.05) is 25.3 Å². The van der Waals surface area contributed by atoms with Gasteiger partial charge in [0.15, 0.2) is 18.9 Å². The number of pyridine rings is 1. The fourth-order valence-electron chi connectivity index (χ4n) is 4.40. The summed E-state index contributed by atoms with van der Waals surface area (Å²) in [6, 6.07) is 5.65. The first-order valence-corrected chi connectivity index (χ1v) is 16.8. The van der Waals surface area contributed by atoms with Crippen molar-refractivity contribution >= 4 is 7.82 Å². The van der Waals surface area contributed by atoms with Gasteiger partial charge >= 0.3 is 0 Å². The summed E-state index contributed by atoms with van der Waals surface area (Å²) in [7, 11) is -4.38. The molecule has 1 aromatic heterocycles. The molecule has 0 aliphatic carbocycles. The maximum atomic E-state index is 12.0. The Balaban J connectivity index is 1.94. The summed E-state index contributed by atoms with van der Waals surface area (Å²) in [5, 5.41) is 0. The number of nitrogens with zero attached hydrogens (tertiary/aromatic N) is 1. The van der Waals surface area contributed by atoms with Gasteiger partial charge in [-0.15, -0.1) is 0 Å². The molecule has 2 atom stereocenters. The molecule has 0 aliphatic heterocycles. The van der Waals surface area contributed by atoms with Crippen molar-refractivity contribution in [2.45, 2.75) is 129 Å². The Labute approximate surface area is 233 Å². The van der Waals surface area contributed by atoms with Crippen LogP contribution in [0, 0.1) is 0 Å². The van der Waals surface area contributed by atoms with E-state index in [0.717, 1.165) is 12.8 Å².